The minimum absolute atomic E-state index is 0. The third-order valence-corrected chi connectivity index (χ3v) is 5.20. The molecule has 0 radical (unpaired) electrons. The molecule has 0 unspecified atom stereocenters. The highest BCUT2D eigenvalue weighted by molar-refractivity contribution is 14.0. The Morgan fingerprint density at radius 2 is 2.00 bits per heavy atom. The monoisotopic (exact) mass is 438 g/mol. The summed E-state index contributed by atoms with van der Waals surface area (Å²) in [5, 5.41) is 8.13. The van der Waals surface area contributed by atoms with E-state index in [0.29, 0.717) is 5.41 Å². The first-order valence-electron chi connectivity index (χ1n) is 8.53. The highest BCUT2D eigenvalue weighted by atomic mass is 127. The summed E-state index contributed by atoms with van der Waals surface area (Å²) in [6.07, 6.45) is 7.15. The van der Waals surface area contributed by atoms with Crippen LogP contribution in [0.1, 0.15) is 38.2 Å². The Labute approximate surface area is 161 Å². The second-order valence-electron chi connectivity index (χ2n) is 6.47. The second kappa shape index (κ2) is 8.65. The largest absolute Gasteiger partial charge is 0.356 e. The van der Waals surface area contributed by atoms with Crippen molar-refractivity contribution >= 4 is 40.8 Å². The molecule has 0 bridgehead atoms. The molecule has 0 saturated heterocycles. The number of nitrogens with one attached hydrogen (secondary N) is 2. The van der Waals surface area contributed by atoms with Crippen LogP contribution in [0.2, 0.25) is 0 Å². The molecule has 1 aliphatic carbocycles. The highest BCUT2D eigenvalue weighted by Gasteiger charge is 2.34. The number of hydrogen-bond donors (Lipinski definition) is 2. The zero-order valence-electron chi connectivity index (χ0n) is 14.5. The van der Waals surface area contributed by atoms with Crippen LogP contribution in [0.15, 0.2) is 41.5 Å². The smallest absolute Gasteiger partial charge is 0.191 e. The number of halogens is 1. The summed E-state index contributed by atoms with van der Waals surface area (Å²) in [6, 6.07) is 10.3. The molecule has 1 aromatic carbocycles. The Morgan fingerprint density at radius 1 is 1.21 bits per heavy atom. The number of aromatic nitrogens is 1. The van der Waals surface area contributed by atoms with Crippen molar-refractivity contribution in [1.82, 2.24) is 15.6 Å². The summed E-state index contributed by atoms with van der Waals surface area (Å²) in [4.78, 5) is 8.77. The van der Waals surface area contributed by atoms with E-state index in [9.17, 15) is 0 Å². The normalized spacial score (nSPS) is 16.2. The lowest BCUT2D eigenvalue weighted by Gasteiger charge is -2.41. The standard InChI is InChI=1S/C19H26N4.HI/c1-3-19(10-6-11-19)14-23-18(20-2)22-13-15-9-12-21-17-8-5-4-7-16(15)17;/h4-5,7-9,12H,3,6,10-11,13-14H2,1-2H3,(H2,20,22,23);1H. The van der Waals surface area contributed by atoms with Gasteiger partial charge in [-0.25, -0.2) is 0 Å². The van der Waals surface area contributed by atoms with Gasteiger partial charge in [0.15, 0.2) is 5.96 Å². The first-order valence-corrected chi connectivity index (χ1v) is 8.53. The number of aliphatic imine (C=N–C) groups is 1. The minimum atomic E-state index is 0. The van der Waals surface area contributed by atoms with Gasteiger partial charge >= 0.3 is 0 Å². The van der Waals surface area contributed by atoms with Crippen LogP contribution in [0, 0.1) is 5.41 Å². The van der Waals surface area contributed by atoms with Gasteiger partial charge in [0.1, 0.15) is 0 Å². The van der Waals surface area contributed by atoms with Gasteiger partial charge in [-0.3, -0.25) is 9.98 Å². The number of rotatable bonds is 5. The zero-order valence-corrected chi connectivity index (χ0v) is 16.8. The third-order valence-electron chi connectivity index (χ3n) is 5.20. The molecular formula is C19H27IN4. The highest BCUT2D eigenvalue weighted by Crippen LogP contribution is 2.42. The van der Waals surface area contributed by atoms with Gasteiger partial charge in [-0.2, -0.15) is 0 Å². The Hall–Kier alpha value is -1.37. The predicted octanol–water partition coefficient (Wildman–Crippen LogP) is 4.10. The van der Waals surface area contributed by atoms with Crippen LogP contribution in [0.3, 0.4) is 0 Å². The molecule has 2 N–H and O–H groups in total. The Bertz CT molecular complexity index is 684. The van der Waals surface area contributed by atoms with Crippen LogP contribution in [0.5, 0.6) is 0 Å². The van der Waals surface area contributed by atoms with Crippen molar-refractivity contribution in [3.8, 4) is 0 Å². The zero-order chi connectivity index (χ0) is 16.1. The van der Waals surface area contributed by atoms with Crippen LogP contribution in [-0.2, 0) is 6.54 Å². The second-order valence-corrected chi connectivity index (χ2v) is 6.47. The van der Waals surface area contributed by atoms with Crippen LogP contribution in [0.4, 0.5) is 0 Å². The lowest BCUT2D eigenvalue weighted by molar-refractivity contribution is 0.131. The van der Waals surface area contributed by atoms with E-state index in [2.05, 4.69) is 45.7 Å². The van der Waals surface area contributed by atoms with E-state index in [-0.39, 0.29) is 24.0 Å². The van der Waals surface area contributed by atoms with Gasteiger partial charge in [-0.15, -0.1) is 24.0 Å². The maximum Gasteiger partial charge on any atom is 0.191 e. The average Bonchev–Trinajstić information content (AvgIpc) is 2.57. The molecule has 1 aromatic heterocycles. The minimum Gasteiger partial charge on any atom is -0.356 e. The van der Waals surface area contributed by atoms with Crippen LogP contribution in [-0.4, -0.2) is 24.5 Å². The van der Waals surface area contributed by atoms with Crippen LogP contribution in [0.25, 0.3) is 10.9 Å². The van der Waals surface area contributed by atoms with Crippen molar-refractivity contribution in [3.05, 3.63) is 42.1 Å². The Morgan fingerprint density at radius 3 is 2.67 bits per heavy atom. The molecule has 0 aliphatic heterocycles. The van der Waals surface area contributed by atoms with Crippen molar-refractivity contribution in [1.29, 1.82) is 0 Å². The molecule has 1 heterocycles. The SMILES string of the molecule is CCC1(CNC(=NC)NCc2ccnc3ccccc23)CCC1.I. The molecule has 4 nitrogen and oxygen atoms in total. The topological polar surface area (TPSA) is 49.3 Å². The predicted molar refractivity (Wildman–Crippen MR) is 112 cm³/mol. The quantitative estimate of drug-likeness (QED) is 0.420. The number of pyridine rings is 1. The fourth-order valence-corrected chi connectivity index (χ4v) is 3.31. The lowest BCUT2D eigenvalue weighted by atomic mass is 9.67. The molecule has 5 heteroatoms. The van der Waals surface area contributed by atoms with Crippen molar-refractivity contribution in [3.63, 3.8) is 0 Å². The Kier molecular flexibility index (Phi) is 6.83. The van der Waals surface area contributed by atoms with E-state index in [0.717, 1.165) is 24.6 Å². The number of guanidine groups is 1. The summed E-state index contributed by atoms with van der Waals surface area (Å²) in [6.45, 7) is 4.06. The first kappa shape index (κ1) is 19.0. The van der Waals surface area contributed by atoms with Gasteiger partial charge in [-0.05, 0) is 42.4 Å². The molecule has 1 fully saturated rings. The summed E-state index contributed by atoms with van der Waals surface area (Å²) in [5.74, 6) is 0.880. The number of fused-ring (bicyclic) bond motifs is 1. The van der Waals surface area contributed by atoms with Gasteiger partial charge in [0.25, 0.3) is 0 Å². The molecule has 24 heavy (non-hydrogen) atoms. The molecule has 1 aliphatic rings. The molecule has 130 valence electrons. The molecule has 0 amide bonds. The maximum atomic E-state index is 4.41. The number of nitrogens with zero attached hydrogens (tertiary/aromatic N) is 2. The van der Waals surface area contributed by atoms with Crippen molar-refractivity contribution in [2.24, 2.45) is 10.4 Å². The lowest BCUT2D eigenvalue weighted by Crippen LogP contribution is -2.46. The van der Waals surface area contributed by atoms with Crippen molar-refractivity contribution < 1.29 is 0 Å². The van der Waals surface area contributed by atoms with Gasteiger partial charge in [-0.1, -0.05) is 31.5 Å². The van der Waals surface area contributed by atoms with Crippen molar-refractivity contribution in [2.75, 3.05) is 13.6 Å². The van der Waals surface area contributed by atoms with Crippen LogP contribution >= 0.6 is 24.0 Å². The molecule has 2 aromatic rings. The molecule has 0 spiro atoms. The van der Waals surface area contributed by atoms with E-state index in [1.807, 2.05) is 25.4 Å². The third kappa shape index (κ3) is 4.18. The van der Waals surface area contributed by atoms with E-state index < -0.39 is 0 Å². The fraction of sp³-hybridized carbons (Fsp3) is 0.474. The van der Waals surface area contributed by atoms with Gasteiger partial charge < -0.3 is 10.6 Å². The average molecular weight is 438 g/mol. The summed E-state index contributed by atoms with van der Waals surface area (Å²) >= 11 is 0. The van der Waals surface area contributed by atoms with E-state index in [4.69, 9.17) is 0 Å². The number of hydrogen-bond acceptors (Lipinski definition) is 2. The van der Waals surface area contributed by atoms with Gasteiger partial charge in [0.05, 0.1) is 5.52 Å². The van der Waals surface area contributed by atoms with E-state index in [1.165, 1.54) is 36.6 Å². The molecule has 3 rings (SSSR count). The first-order chi connectivity index (χ1) is 11.3. The molecular weight excluding hydrogens is 411 g/mol. The fourth-order valence-electron chi connectivity index (χ4n) is 3.31. The number of benzene rings is 1. The van der Waals surface area contributed by atoms with E-state index in [1.54, 1.807) is 0 Å². The van der Waals surface area contributed by atoms with E-state index >= 15 is 0 Å². The summed E-state index contributed by atoms with van der Waals surface area (Å²) < 4.78 is 0. The molecule has 0 atom stereocenters. The van der Waals surface area contributed by atoms with Gasteiger partial charge in [0, 0.05) is 31.7 Å². The van der Waals surface area contributed by atoms with Crippen LogP contribution < -0.4 is 10.6 Å². The molecule has 1 saturated carbocycles. The number of para-hydroxylation sites is 1. The Balaban J connectivity index is 0.00000208. The van der Waals surface area contributed by atoms with Gasteiger partial charge in [0.2, 0.25) is 0 Å². The summed E-state index contributed by atoms with van der Waals surface area (Å²) in [5.41, 5.74) is 2.77. The van der Waals surface area contributed by atoms with Crippen molar-refractivity contribution in [2.45, 2.75) is 39.2 Å². The maximum absolute atomic E-state index is 4.41. The summed E-state index contributed by atoms with van der Waals surface area (Å²) in [7, 11) is 1.83.